The summed E-state index contributed by atoms with van der Waals surface area (Å²) in [7, 11) is 2.03. The van der Waals surface area contributed by atoms with Crippen LogP contribution in [-0.4, -0.2) is 69.0 Å². The van der Waals surface area contributed by atoms with Crippen molar-refractivity contribution in [2.45, 2.75) is 39.7 Å². The van der Waals surface area contributed by atoms with Crippen LogP contribution in [0.25, 0.3) is 0 Å². The lowest BCUT2D eigenvalue weighted by atomic mass is 10.1. The van der Waals surface area contributed by atoms with E-state index >= 15 is 0 Å². The Balaban J connectivity index is 0.00000529. The maximum absolute atomic E-state index is 11.6. The van der Waals surface area contributed by atoms with Gasteiger partial charge >= 0.3 is 6.09 Å². The fourth-order valence-corrected chi connectivity index (χ4v) is 2.30. The molecule has 1 aliphatic rings. The van der Waals surface area contributed by atoms with E-state index in [4.69, 9.17) is 9.47 Å². The monoisotopic (exact) mass is 456 g/mol. The molecule has 24 heavy (non-hydrogen) atoms. The number of guanidine groups is 1. The molecule has 1 rings (SSSR count). The highest BCUT2D eigenvalue weighted by Crippen LogP contribution is 2.13. The average Bonchev–Trinajstić information content (AvgIpc) is 2.93. The van der Waals surface area contributed by atoms with Crippen molar-refractivity contribution >= 4 is 36.0 Å². The predicted molar refractivity (Wildman–Crippen MR) is 107 cm³/mol. The zero-order chi connectivity index (χ0) is 17.3. The molecule has 1 saturated heterocycles. The molecule has 1 amide bonds. The second-order valence-corrected chi connectivity index (χ2v) is 6.77. The summed E-state index contributed by atoms with van der Waals surface area (Å²) in [5.41, 5.74) is -0.480. The molecule has 8 heteroatoms. The van der Waals surface area contributed by atoms with E-state index in [1.807, 2.05) is 34.7 Å². The Bertz CT molecular complexity index is 393. The first-order valence-electron chi connectivity index (χ1n) is 8.36. The van der Waals surface area contributed by atoms with Crippen molar-refractivity contribution in [3.05, 3.63) is 0 Å². The highest BCUT2D eigenvalue weighted by Gasteiger charge is 2.19. The molecule has 1 heterocycles. The standard InChI is InChI=1S/C16H32N4O3.HI/c1-6-17-14(20(5)11-13-7-10-22-12-13)18-8-9-19-15(21)23-16(2,3)4;/h13H,6-12H2,1-5H3,(H,17,18)(H,19,21);1H. The number of nitrogens with zero attached hydrogens (tertiary/aromatic N) is 2. The number of hydrogen-bond acceptors (Lipinski definition) is 4. The maximum atomic E-state index is 11.6. The number of aliphatic imine (C=N–C) groups is 1. The van der Waals surface area contributed by atoms with Gasteiger partial charge in [-0.15, -0.1) is 24.0 Å². The molecule has 0 aromatic heterocycles. The lowest BCUT2D eigenvalue weighted by molar-refractivity contribution is 0.0529. The Morgan fingerprint density at radius 1 is 1.38 bits per heavy atom. The summed E-state index contributed by atoms with van der Waals surface area (Å²) in [6.07, 6.45) is 0.693. The molecule has 2 N–H and O–H groups in total. The Kier molecular flexibility index (Phi) is 11.4. The van der Waals surface area contributed by atoms with E-state index in [9.17, 15) is 4.79 Å². The van der Waals surface area contributed by atoms with Crippen molar-refractivity contribution in [2.24, 2.45) is 10.9 Å². The summed E-state index contributed by atoms with van der Waals surface area (Å²) in [6.45, 7) is 11.9. The van der Waals surface area contributed by atoms with E-state index in [2.05, 4.69) is 20.5 Å². The van der Waals surface area contributed by atoms with E-state index in [0.717, 1.165) is 38.7 Å². The van der Waals surface area contributed by atoms with Crippen LogP contribution >= 0.6 is 24.0 Å². The van der Waals surface area contributed by atoms with Gasteiger partial charge in [-0.3, -0.25) is 4.99 Å². The van der Waals surface area contributed by atoms with Gasteiger partial charge in [0.2, 0.25) is 0 Å². The van der Waals surface area contributed by atoms with Gasteiger partial charge in [0, 0.05) is 39.2 Å². The minimum Gasteiger partial charge on any atom is -0.444 e. The molecule has 0 aliphatic carbocycles. The van der Waals surface area contributed by atoms with Gasteiger partial charge in [-0.05, 0) is 34.1 Å². The molecule has 0 spiro atoms. The fraction of sp³-hybridized carbons (Fsp3) is 0.875. The summed E-state index contributed by atoms with van der Waals surface area (Å²) in [5, 5.41) is 5.99. The molecule has 0 saturated carbocycles. The number of amides is 1. The molecule has 0 bridgehead atoms. The average molecular weight is 456 g/mol. The Hall–Kier alpha value is -0.770. The van der Waals surface area contributed by atoms with Crippen molar-refractivity contribution in [3.8, 4) is 0 Å². The normalized spacial score (nSPS) is 17.9. The molecule has 7 nitrogen and oxygen atoms in total. The molecule has 1 unspecified atom stereocenters. The quantitative estimate of drug-likeness (QED) is 0.277. The molecule has 1 fully saturated rings. The zero-order valence-corrected chi connectivity index (χ0v) is 17.9. The number of hydrogen-bond donors (Lipinski definition) is 2. The highest BCUT2D eigenvalue weighted by molar-refractivity contribution is 14.0. The Morgan fingerprint density at radius 2 is 2.08 bits per heavy atom. The summed E-state index contributed by atoms with van der Waals surface area (Å²) >= 11 is 0. The molecule has 0 aromatic rings. The van der Waals surface area contributed by atoms with Crippen molar-refractivity contribution in [2.75, 3.05) is 46.4 Å². The van der Waals surface area contributed by atoms with Crippen LogP contribution in [0, 0.1) is 5.92 Å². The molecule has 1 atom stereocenters. The number of carbonyl (C=O) groups is 1. The smallest absolute Gasteiger partial charge is 0.407 e. The number of halogens is 1. The third kappa shape index (κ3) is 10.2. The topological polar surface area (TPSA) is 75.2 Å². The maximum Gasteiger partial charge on any atom is 0.407 e. The number of nitrogens with one attached hydrogen (secondary N) is 2. The lowest BCUT2D eigenvalue weighted by Crippen LogP contribution is -2.42. The van der Waals surface area contributed by atoms with Gasteiger partial charge in [0.15, 0.2) is 5.96 Å². The second kappa shape index (κ2) is 11.7. The van der Waals surface area contributed by atoms with Gasteiger partial charge in [0.05, 0.1) is 13.2 Å². The van der Waals surface area contributed by atoms with Gasteiger partial charge in [-0.1, -0.05) is 0 Å². The number of rotatable bonds is 6. The summed E-state index contributed by atoms with van der Waals surface area (Å²) in [5.74, 6) is 1.41. The van der Waals surface area contributed by atoms with Crippen molar-refractivity contribution in [1.29, 1.82) is 0 Å². The van der Waals surface area contributed by atoms with E-state index < -0.39 is 11.7 Å². The van der Waals surface area contributed by atoms with Crippen LogP contribution in [0.4, 0.5) is 4.79 Å². The van der Waals surface area contributed by atoms with Crippen LogP contribution in [0.5, 0.6) is 0 Å². The van der Waals surface area contributed by atoms with Gasteiger partial charge in [0.25, 0.3) is 0 Å². The molecule has 1 aliphatic heterocycles. The third-order valence-electron chi connectivity index (χ3n) is 3.29. The first-order chi connectivity index (χ1) is 10.8. The highest BCUT2D eigenvalue weighted by atomic mass is 127. The van der Waals surface area contributed by atoms with Crippen LogP contribution < -0.4 is 10.6 Å². The van der Waals surface area contributed by atoms with Crippen LogP contribution in [0.2, 0.25) is 0 Å². The second-order valence-electron chi connectivity index (χ2n) is 6.77. The molecular weight excluding hydrogens is 423 g/mol. The zero-order valence-electron chi connectivity index (χ0n) is 15.6. The van der Waals surface area contributed by atoms with Crippen LogP contribution in [-0.2, 0) is 9.47 Å². The van der Waals surface area contributed by atoms with E-state index in [0.29, 0.717) is 19.0 Å². The molecule has 142 valence electrons. The first kappa shape index (κ1) is 23.2. The van der Waals surface area contributed by atoms with Crippen molar-refractivity contribution in [1.82, 2.24) is 15.5 Å². The van der Waals surface area contributed by atoms with Crippen LogP contribution in [0.3, 0.4) is 0 Å². The fourth-order valence-electron chi connectivity index (χ4n) is 2.30. The number of ether oxygens (including phenoxy) is 2. The number of alkyl carbamates (subject to hydrolysis) is 1. The van der Waals surface area contributed by atoms with E-state index in [-0.39, 0.29) is 24.0 Å². The van der Waals surface area contributed by atoms with Gasteiger partial charge < -0.3 is 25.0 Å². The largest absolute Gasteiger partial charge is 0.444 e. The first-order valence-corrected chi connectivity index (χ1v) is 8.36. The molecule has 0 aromatic carbocycles. The lowest BCUT2D eigenvalue weighted by Gasteiger charge is -2.24. The third-order valence-corrected chi connectivity index (χ3v) is 3.29. The van der Waals surface area contributed by atoms with E-state index in [1.165, 1.54) is 0 Å². The van der Waals surface area contributed by atoms with Gasteiger partial charge in [-0.2, -0.15) is 0 Å². The Morgan fingerprint density at radius 3 is 2.62 bits per heavy atom. The van der Waals surface area contributed by atoms with Crippen molar-refractivity contribution in [3.63, 3.8) is 0 Å². The van der Waals surface area contributed by atoms with Crippen molar-refractivity contribution < 1.29 is 14.3 Å². The van der Waals surface area contributed by atoms with E-state index in [1.54, 1.807) is 0 Å². The van der Waals surface area contributed by atoms with Crippen LogP contribution in [0.1, 0.15) is 34.1 Å². The predicted octanol–water partition coefficient (Wildman–Crippen LogP) is 2.06. The summed E-state index contributed by atoms with van der Waals surface area (Å²) in [6, 6.07) is 0. The summed E-state index contributed by atoms with van der Waals surface area (Å²) < 4.78 is 10.6. The molecule has 0 radical (unpaired) electrons. The van der Waals surface area contributed by atoms with Gasteiger partial charge in [-0.25, -0.2) is 4.79 Å². The minimum absolute atomic E-state index is 0. The Labute approximate surface area is 162 Å². The summed E-state index contributed by atoms with van der Waals surface area (Å²) in [4.78, 5) is 18.2. The minimum atomic E-state index is -0.480. The SMILES string of the molecule is CCNC(=NCCNC(=O)OC(C)(C)C)N(C)CC1CCOC1.I. The van der Waals surface area contributed by atoms with Crippen LogP contribution in [0.15, 0.2) is 4.99 Å². The van der Waals surface area contributed by atoms with Gasteiger partial charge in [0.1, 0.15) is 5.60 Å². The number of carbonyl (C=O) groups excluding carboxylic acids is 1. The molecular formula is C16H33IN4O3.